The van der Waals surface area contributed by atoms with Crippen LogP contribution >= 0.6 is 11.9 Å². The molecule has 0 radical (unpaired) electrons. The number of aliphatic hydroxyl groups excluding tert-OH is 1. The lowest BCUT2D eigenvalue weighted by Crippen LogP contribution is -2.26. The van der Waals surface area contributed by atoms with Crippen molar-refractivity contribution >= 4 is 29.6 Å². The van der Waals surface area contributed by atoms with Crippen LogP contribution < -0.4 is 21.3 Å². The molecule has 0 heterocycles. The number of nitrogens with two attached hydrogens (primary N) is 2. The Hall–Kier alpha value is -2.26. The van der Waals surface area contributed by atoms with Crippen molar-refractivity contribution in [3.8, 4) is 5.75 Å². The number of methoxy groups -OCH3 is 1. The molecule has 0 aliphatic heterocycles. The number of aryl methyl sites for hydroxylation is 1. The fourth-order valence-corrected chi connectivity index (χ4v) is 4.35. The maximum Gasteiger partial charge on any atom is 0.145 e. The Kier molecular flexibility index (Phi) is 9.18. The van der Waals surface area contributed by atoms with E-state index in [-0.39, 0.29) is 5.92 Å². The Balaban J connectivity index is 2.48. The van der Waals surface area contributed by atoms with E-state index in [0.29, 0.717) is 36.6 Å². The molecule has 2 unspecified atom stereocenters. The minimum Gasteiger partial charge on any atom is -0.494 e. The number of carbonyl (C=O) groups is 1. The van der Waals surface area contributed by atoms with Gasteiger partial charge in [0, 0.05) is 32.5 Å². The smallest absolute Gasteiger partial charge is 0.145 e. The van der Waals surface area contributed by atoms with Crippen LogP contribution in [-0.2, 0) is 11.3 Å². The number of ether oxygens (including phenoxy) is 1. The van der Waals surface area contributed by atoms with Crippen LogP contribution in [0.3, 0.4) is 0 Å². The molecule has 0 amide bonds. The first kappa shape index (κ1) is 25.0. The summed E-state index contributed by atoms with van der Waals surface area (Å²) >= 11 is 1.60. The number of carbonyl (C=O) groups excluding carboxylic acids is 1. The molecule has 31 heavy (non-hydrogen) atoms. The predicted octanol–water partition coefficient (Wildman–Crippen LogP) is 3.08. The average molecular weight is 447 g/mol. The SMILES string of the molecule is COc1cc(C(CC=O)c2ccc(C)c(CN(CC(C)O)SC)c2)cc(N)c1N(C)N. The molecule has 2 rings (SSSR count). The van der Waals surface area contributed by atoms with Crippen molar-refractivity contribution in [2.75, 3.05) is 37.7 Å². The molecule has 0 aliphatic rings. The van der Waals surface area contributed by atoms with E-state index < -0.39 is 6.10 Å². The predicted molar refractivity (Wildman–Crippen MR) is 129 cm³/mol. The lowest BCUT2D eigenvalue weighted by molar-refractivity contribution is -0.108. The van der Waals surface area contributed by atoms with Crippen LogP contribution in [0, 0.1) is 6.92 Å². The molecule has 0 spiro atoms. The number of hydrazine groups is 1. The van der Waals surface area contributed by atoms with Crippen molar-refractivity contribution in [2.45, 2.75) is 38.8 Å². The average Bonchev–Trinajstić information content (AvgIpc) is 2.71. The summed E-state index contributed by atoms with van der Waals surface area (Å²) in [5.74, 6) is 6.31. The van der Waals surface area contributed by atoms with E-state index in [1.165, 1.54) is 5.01 Å². The van der Waals surface area contributed by atoms with Crippen molar-refractivity contribution in [2.24, 2.45) is 5.84 Å². The molecule has 170 valence electrons. The zero-order valence-electron chi connectivity index (χ0n) is 19.0. The van der Waals surface area contributed by atoms with E-state index >= 15 is 0 Å². The number of hydrogen-bond donors (Lipinski definition) is 3. The summed E-state index contributed by atoms with van der Waals surface area (Å²) in [5, 5.41) is 11.2. The van der Waals surface area contributed by atoms with E-state index in [1.807, 2.05) is 18.4 Å². The fraction of sp³-hybridized carbons (Fsp3) is 0.435. The normalized spacial score (nSPS) is 13.2. The van der Waals surface area contributed by atoms with Crippen LogP contribution in [0.25, 0.3) is 0 Å². The number of aliphatic hydroxyl groups is 1. The van der Waals surface area contributed by atoms with E-state index in [9.17, 15) is 9.90 Å². The molecular weight excluding hydrogens is 412 g/mol. The van der Waals surface area contributed by atoms with Crippen LogP contribution in [0.2, 0.25) is 0 Å². The Morgan fingerprint density at radius 2 is 1.97 bits per heavy atom. The van der Waals surface area contributed by atoms with Gasteiger partial charge >= 0.3 is 0 Å². The van der Waals surface area contributed by atoms with Gasteiger partial charge in [0.15, 0.2) is 0 Å². The highest BCUT2D eigenvalue weighted by Crippen LogP contribution is 2.39. The molecule has 0 saturated carbocycles. The van der Waals surface area contributed by atoms with Crippen molar-refractivity contribution in [3.05, 3.63) is 52.6 Å². The van der Waals surface area contributed by atoms with Gasteiger partial charge in [-0.15, -0.1) is 0 Å². The standard InChI is InChI=1S/C23H34N4O3S/c1-15-6-7-17(10-19(15)14-27(31-5)13-16(2)29)20(8-9-28)18-11-21(24)23(26(3)25)22(12-18)30-4/h6-7,9-12,16,20,29H,8,13-14,24-25H2,1-5H3. The summed E-state index contributed by atoms with van der Waals surface area (Å²) in [6, 6.07) is 10.0. The van der Waals surface area contributed by atoms with Gasteiger partial charge in [-0.3, -0.25) is 0 Å². The molecule has 2 aromatic carbocycles. The number of nitrogen functional groups attached to an aromatic ring is 1. The Bertz CT molecular complexity index is 889. The number of benzene rings is 2. The van der Waals surface area contributed by atoms with Crippen molar-refractivity contribution < 1.29 is 14.6 Å². The fourth-order valence-electron chi connectivity index (χ4n) is 3.71. The Morgan fingerprint density at radius 3 is 2.52 bits per heavy atom. The zero-order chi connectivity index (χ0) is 23.1. The van der Waals surface area contributed by atoms with Gasteiger partial charge in [0.1, 0.15) is 17.7 Å². The largest absolute Gasteiger partial charge is 0.494 e. The maximum atomic E-state index is 11.5. The van der Waals surface area contributed by atoms with Crippen molar-refractivity contribution in [1.82, 2.24) is 4.31 Å². The molecule has 2 aromatic rings. The minimum absolute atomic E-state index is 0.162. The molecule has 0 aromatic heterocycles. The second kappa shape index (κ2) is 11.4. The highest BCUT2D eigenvalue weighted by Gasteiger charge is 2.20. The number of hydrogen-bond acceptors (Lipinski definition) is 8. The first-order chi connectivity index (χ1) is 14.7. The third-order valence-electron chi connectivity index (χ3n) is 5.28. The number of rotatable bonds is 11. The maximum absolute atomic E-state index is 11.5. The van der Waals surface area contributed by atoms with E-state index in [0.717, 1.165) is 28.5 Å². The number of anilines is 2. The number of aldehydes is 1. The monoisotopic (exact) mass is 446 g/mol. The number of nitrogens with zero attached hydrogens (tertiary/aromatic N) is 2. The molecule has 2 atom stereocenters. The molecule has 7 nitrogen and oxygen atoms in total. The summed E-state index contributed by atoms with van der Waals surface area (Å²) in [7, 11) is 3.27. The van der Waals surface area contributed by atoms with Crippen LogP contribution in [0.1, 0.15) is 41.5 Å². The molecular formula is C23H34N4O3S. The molecule has 5 N–H and O–H groups in total. The van der Waals surface area contributed by atoms with E-state index in [1.54, 1.807) is 33.0 Å². The molecule has 8 heteroatoms. The molecule has 0 aliphatic carbocycles. The van der Waals surface area contributed by atoms with Crippen molar-refractivity contribution in [1.29, 1.82) is 0 Å². The lowest BCUT2D eigenvalue weighted by Gasteiger charge is -2.24. The summed E-state index contributed by atoms with van der Waals surface area (Å²) in [6.07, 6.45) is 2.84. The quantitative estimate of drug-likeness (QED) is 0.159. The summed E-state index contributed by atoms with van der Waals surface area (Å²) < 4.78 is 7.64. The minimum atomic E-state index is -0.409. The topological polar surface area (TPSA) is 105 Å². The van der Waals surface area contributed by atoms with Gasteiger partial charge in [0.25, 0.3) is 0 Å². The summed E-state index contributed by atoms with van der Waals surface area (Å²) in [6.45, 7) is 5.13. The molecule has 0 saturated heterocycles. The van der Waals surface area contributed by atoms with Crippen molar-refractivity contribution in [3.63, 3.8) is 0 Å². The van der Waals surface area contributed by atoms with E-state index in [2.05, 4.69) is 29.4 Å². The van der Waals surface area contributed by atoms with Crippen LogP contribution in [0.15, 0.2) is 30.3 Å². The lowest BCUT2D eigenvalue weighted by atomic mass is 9.86. The van der Waals surface area contributed by atoms with Gasteiger partial charge in [-0.1, -0.05) is 30.1 Å². The second-order valence-corrected chi connectivity index (χ2v) is 8.65. The second-order valence-electron chi connectivity index (χ2n) is 7.77. The van der Waals surface area contributed by atoms with E-state index in [4.69, 9.17) is 16.3 Å². The van der Waals surface area contributed by atoms with Gasteiger partial charge in [-0.25, -0.2) is 10.1 Å². The van der Waals surface area contributed by atoms with Gasteiger partial charge in [0.05, 0.1) is 18.9 Å². The first-order valence-electron chi connectivity index (χ1n) is 10.2. The highest BCUT2D eigenvalue weighted by atomic mass is 32.2. The molecule has 0 fully saturated rings. The van der Waals surface area contributed by atoms with Gasteiger partial charge < -0.3 is 25.4 Å². The molecule has 0 bridgehead atoms. The van der Waals surface area contributed by atoms with Gasteiger partial charge in [0.2, 0.25) is 0 Å². The van der Waals surface area contributed by atoms with Crippen LogP contribution in [0.4, 0.5) is 11.4 Å². The van der Waals surface area contributed by atoms with Crippen LogP contribution in [-0.4, -0.2) is 48.8 Å². The Labute approximate surface area is 189 Å². The first-order valence-corrected chi connectivity index (χ1v) is 11.4. The summed E-state index contributed by atoms with van der Waals surface area (Å²) in [4.78, 5) is 11.5. The van der Waals surface area contributed by atoms with Gasteiger partial charge in [-0.05, 0) is 54.5 Å². The third kappa shape index (κ3) is 6.36. The summed E-state index contributed by atoms with van der Waals surface area (Å²) in [5.41, 5.74) is 11.6. The zero-order valence-corrected chi connectivity index (χ0v) is 19.8. The van der Waals surface area contributed by atoms with Gasteiger partial charge in [-0.2, -0.15) is 0 Å². The Morgan fingerprint density at radius 1 is 1.26 bits per heavy atom. The third-order valence-corrected chi connectivity index (χ3v) is 6.08. The van der Waals surface area contributed by atoms with Crippen LogP contribution in [0.5, 0.6) is 5.75 Å². The highest BCUT2D eigenvalue weighted by molar-refractivity contribution is 7.96.